The highest BCUT2D eigenvalue weighted by Crippen LogP contribution is 2.31. The zero-order valence-electron chi connectivity index (χ0n) is 15.7. The van der Waals surface area contributed by atoms with E-state index in [0.29, 0.717) is 13.1 Å². The van der Waals surface area contributed by atoms with E-state index in [1.165, 1.54) is 6.33 Å². The Morgan fingerprint density at radius 1 is 1.18 bits per heavy atom. The fraction of sp³-hybridized carbons (Fsp3) is 0.389. The number of benzene rings is 1. The van der Waals surface area contributed by atoms with Crippen LogP contribution in [0.5, 0.6) is 0 Å². The van der Waals surface area contributed by atoms with Crippen molar-refractivity contribution in [2.75, 3.05) is 43.0 Å². The Hall–Kier alpha value is -3.27. The molecule has 2 N–H and O–H groups in total. The van der Waals surface area contributed by atoms with Crippen LogP contribution in [0, 0.1) is 10.1 Å². The van der Waals surface area contributed by atoms with E-state index in [2.05, 4.69) is 32.6 Å². The molecule has 3 rings (SSSR count). The minimum atomic E-state index is -0.521. The third-order valence-electron chi connectivity index (χ3n) is 4.63. The van der Waals surface area contributed by atoms with Crippen LogP contribution in [0.2, 0.25) is 0 Å². The molecule has 10 nitrogen and oxygen atoms in total. The van der Waals surface area contributed by atoms with Crippen molar-refractivity contribution < 1.29 is 9.72 Å². The third kappa shape index (κ3) is 4.71. The molecule has 0 spiro atoms. The number of amides is 1. The molecule has 28 heavy (non-hydrogen) atoms. The van der Waals surface area contributed by atoms with Gasteiger partial charge in [0.05, 0.1) is 11.3 Å². The molecular weight excluding hydrogens is 362 g/mol. The average Bonchev–Trinajstić information content (AvgIpc) is 2.72. The summed E-state index contributed by atoms with van der Waals surface area (Å²) < 4.78 is 0. The van der Waals surface area contributed by atoms with Crippen LogP contribution in [0.4, 0.5) is 17.3 Å². The molecule has 1 aliphatic rings. The molecule has 1 amide bonds. The third-order valence-corrected chi connectivity index (χ3v) is 4.63. The second kappa shape index (κ2) is 9.09. The molecule has 0 atom stereocenters. The number of hydrogen-bond acceptors (Lipinski definition) is 8. The summed E-state index contributed by atoms with van der Waals surface area (Å²) in [4.78, 5) is 35.5. The van der Waals surface area contributed by atoms with Crippen molar-refractivity contribution in [2.24, 2.45) is 0 Å². The Morgan fingerprint density at radius 3 is 2.54 bits per heavy atom. The van der Waals surface area contributed by atoms with E-state index in [0.717, 1.165) is 25.2 Å². The van der Waals surface area contributed by atoms with Crippen LogP contribution in [0.15, 0.2) is 36.7 Å². The van der Waals surface area contributed by atoms with Gasteiger partial charge in [-0.1, -0.05) is 37.3 Å². The van der Waals surface area contributed by atoms with Crippen LogP contribution in [0.3, 0.4) is 0 Å². The molecule has 0 saturated carbocycles. The molecule has 0 radical (unpaired) electrons. The van der Waals surface area contributed by atoms with Crippen LogP contribution in [0.25, 0.3) is 0 Å². The van der Waals surface area contributed by atoms with Gasteiger partial charge in [-0.3, -0.25) is 25.8 Å². The van der Waals surface area contributed by atoms with Crippen molar-refractivity contribution >= 4 is 23.2 Å². The van der Waals surface area contributed by atoms with Gasteiger partial charge in [0, 0.05) is 26.2 Å². The first-order valence-electron chi connectivity index (χ1n) is 9.14. The number of hydrazine groups is 1. The molecule has 1 aromatic heterocycles. The molecule has 0 unspecified atom stereocenters. The molecule has 0 aliphatic carbocycles. The number of carbonyl (C=O) groups excluding carboxylic acids is 1. The standard InChI is InChI=1S/C18H23N7O3/c1-2-23-8-10-24(11-9-23)18-16(25(27)28)17(19-13-20-18)22-21-15(26)12-14-6-4-3-5-7-14/h3-7,13H,2,8-12H2,1H3,(H,21,26)(H,19,20,22). The lowest BCUT2D eigenvalue weighted by Crippen LogP contribution is -2.46. The average molecular weight is 385 g/mol. The summed E-state index contributed by atoms with van der Waals surface area (Å²) in [6, 6.07) is 9.22. The van der Waals surface area contributed by atoms with Gasteiger partial charge in [-0.2, -0.15) is 0 Å². The number of nitro groups is 1. The second-order valence-electron chi connectivity index (χ2n) is 6.41. The van der Waals surface area contributed by atoms with Crippen LogP contribution < -0.4 is 15.8 Å². The molecule has 2 heterocycles. The van der Waals surface area contributed by atoms with Gasteiger partial charge < -0.3 is 9.80 Å². The molecule has 2 aromatic rings. The summed E-state index contributed by atoms with van der Waals surface area (Å²) >= 11 is 0. The Bertz CT molecular complexity index is 823. The van der Waals surface area contributed by atoms with Crippen molar-refractivity contribution in [1.29, 1.82) is 0 Å². The molecule has 148 valence electrons. The molecule has 10 heteroatoms. The summed E-state index contributed by atoms with van der Waals surface area (Å²) in [6.07, 6.45) is 1.42. The predicted molar refractivity (Wildman–Crippen MR) is 105 cm³/mol. The van der Waals surface area contributed by atoms with Gasteiger partial charge >= 0.3 is 5.69 Å². The first-order valence-corrected chi connectivity index (χ1v) is 9.14. The van der Waals surface area contributed by atoms with E-state index < -0.39 is 4.92 Å². The first kappa shape index (κ1) is 19.5. The van der Waals surface area contributed by atoms with Gasteiger partial charge in [0.2, 0.25) is 17.5 Å². The molecule has 1 aliphatic heterocycles. The zero-order chi connectivity index (χ0) is 19.9. The number of carbonyl (C=O) groups is 1. The Kier molecular flexibility index (Phi) is 6.33. The normalized spacial score (nSPS) is 14.5. The van der Waals surface area contributed by atoms with Crippen LogP contribution in [-0.2, 0) is 11.2 Å². The predicted octanol–water partition coefficient (Wildman–Crippen LogP) is 1.21. The number of rotatable bonds is 7. The zero-order valence-corrected chi connectivity index (χ0v) is 15.7. The van der Waals surface area contributed by atoms with Gasteiger partial charge in [0.25, 0.3) is 0 Å². The number of aromatic nitrogens is 2. The minimum Gasteiger partial charge on any atom is -0.348 e. The molecule has 1 fully saturated rings. The Balaban J connectivity index is 1.71. The van der Waals surface area contributed by atoms with Gasteiger partial charge in [-0.05, 0) is 12.1 Å². The maximum absolute atomic E-state index is 12.1. The van der Waals surface area contributed by atoms with E-state index in [1.54, 1.807) is 0 Å². The lowest BCUT2D eigenvalue weighted by Gasteiger charge is -2.34. The Morgan fingerprint density at radius 2 is 1.89 bits per heavy atom. The highest BCUT2D eigenvalue weighted by molar-refractivity contribution is 5.81. The van der Waals surface area contributed by atoms with Gasteiger partial charge in [0.15, 0.2) is 0 Å². The summed E-state index contributed by atoms with van der Waals surface area (Å²) in [7, 11) is 0. The lowest BCUT2D eigenvalue weighted by atomic mass is 10.1. The summed E-state index contributed by atoms with van der Waals surface area (Å²) in [5.74, 6) is -0.0953. The van der Waals surface area contributed by atoms with E-state index >= 15 is 0 Å². The SMILES string of the molecule is CCN1CCN(c2ncnc(NNC(=O)Cc3ccccc3)c2[N+](=O)[O-])CC1. The van der Waals surface area contributed by atoms with Gasteiger partial charge in [-0.25, -0.2) is 9.97 Å². The largest absolute Gasteiger partial charge is 0.355 e. The van der Waals surface area contributed by atoms with E-state index in [4.69, 9.17) is 0 Å². The van der Waals surface area contributed by atoms with Crippen molar-refractivity contribution in [3.63, 3.8) is 0 Å². The van der Waals surface area contributed by atoms with Crippen molar-refractivity contribution in [1.82, 2.24) is 20.3 Å². The van der Waals surface area contributed by atoms with E-state index in [-0.39, 0.29) is 29.7 Å². The first-order chi connectivity index (χ1) is 13.6. The second-order valence-corrected chi connectivity index (χ2v) is 6.41. The Labute approximate surface area is 162 Å². The fourth-order valence-electron chi connectivity index (χ4n) is 3.09. The van der Waals surface area contributed by atoms with Crippen molar-refractivity contribution in [2.45, 2.75) is 13.3 Å². The maximum atomic E-state index is 12.1. The topological polar surface area (TPSA) is 117 Å². The fourth-order valence-corrected chi connectivity index (χ4v) is 3.09. The highest BCUT2D eigenvalue weighted by Gasteiger charge is 2.29. The molecule has 1 saturated heterocycles. The van der Waals surface area contributed by atoms with E-state index in [1.807, 2.05) is 35.2 Å². The summed E-state index contributed by atoms with van der Waals surface area (Å²) in [5.41, 5.74) is 5.66. The number of nitrogens with one attached hydrogen (secondary N) is 2. The van der Waals surface area contributed by atoms with Crippen LogP contribution in [-0.4, -0.2) is 58.4 Å². The number of piperazine rings is 1. The number of hydrogen-bond donors (Lipinski definition) is 2. The van der Waals surface area contributed by atoms with Crippen molar-refractivity contribution in [3.05, 3.63) is 52.3 Å². The van der Waals surface area contributed by atoms with Gasteiger partial charge in [-0.15, -0.1) is 0 Å². The summed E-state index contributed by atoms with van der Waals surface area (Å²) in [6.45, 7) is 5.95. The maximum Gasteiger partial charge on any atom is 0.355 e. The number of likely N-dealkylation sites (N-methyl/N-ethyl adjacent to an activating group) is 1. The summed E-state index contributed by atoms with van der Waals surface area (Å²) in [5, 5.41) is 11.7. The molecular formula is C18H23N7O3. The smallest absolute Gasteiger partial charge is 0.348 e. The molecule has 1 aromatic carbocycles. The van der Waals surface area contributed by atoms with Crippen LogP contribution >= 0.6 is 0 Å². The quantitative estimate of drug-likeness (QED) is 0.540. The highest BCUT2D eigenvalue weighted by atomic mass is 16.6. The van der Waals surface area contributed by atoms with Crippen LogP contribution in [0.1, 0.15) is 12.5 Å². The molecule has 0 bridgehead atoms. The van der Waals surface area contributed by atoms with Gasteiger partial charge in [0.1, 0.15) is 6.33 Å². The minimum absolute atomic E-state index is 0.0330. The van der Waals surface area contributed by atoms with E-state index in [9.17, 15) is 14.9 Å². The van der Waals surface area contributed by atoms with Crippen molar-refractivity contribution in [3.8, 4) is 0 Å². The monoisotopic (exact) mass is 385 g/mol. The number of anilines is 2. The lowest BCUT2D eigenvalue weighted by molar-refractivity contribution is -0.383. The number of nitrogens with zero attached hydrogens (tertiary/aromatic N) is 5.